The minimum Gasteiger partial charge on any atom is -0.497 e. The van der Waals surface area contributed by atoms with Crippen molar-refractivity contribution in [2.24, 2.45) is 0 Å². The van der Waals surface area contributed by atoms with Crippen molar-refractivity contribution in [1.29, 1.82) is 0 Å². The van der Waals surface area contributed by atoms with Gasteiger partial charge in [-0.05, 0) is 30.3 Å². The highest BCUT2D eigenvalue weighted by atomic mass is 16.6. The molecule has 22 heavy (non-hydrogen) atoms. The Balaban J connectivity index is 1.74. The Morgan fingerprint density at radius 3 is 2.27 bits per heavy atom. The normalized spacial score (nSPS) is 10.0. The van der Waals surface area contributed by atoms with Crippen molar-refractivity contribution in [2.75, 3.05) is 20.3 Å². The molecule has 0 aliphatic rings. The van der Waals surface area contributed by atoms with Crippen molar-refractivity contribution in [3.05, 3.63) is 58.6 Å². The second-order valence-corrected chi connectivity index (χ2v) is 4.45. The molecule has 2 rings (SSSR count). The van der Waals surface area contributed by atoms with Crippen molar-refractivity contribution >= 4 is 5.69 Å². The van der Waals surface area contributed by atoms with E-state index in [9.17, 15) is 10.1 Å². The van der Waals surface area contributed by atoms with Crippen LogP contribution in [0, 0.1) is 10.1 Å². The average Bonchev–Trinajstić information content (AvgIpc) is 2.55. The first-order valence-electron chi connectivity index (χ1n) is 6.84. The van der Waals surface area contributed by atoms with Gasteiger partial charge in [-0.15, -0.1) is 0 Å². The molecule has 0 aromatic heterocycles. The Bertz CT molecular complexity index is 612. The van der Waals surface area contributed by atoms with Gasteiger partial charge in [-0.1, -0.05) is 12.1 Å². The summed E-state index contributed by atoms with van der Waals surface area (Å²) in [6.45, 7) is 0.813. The van der Waals surface area contributed by atoms with Crippen LogP contribution in [0.25, 0.3) is 0 Å². The summed E-state index contributed by atoms with van der Waals surface area (Å²) >= 11 is 0. The molecular weight excluding hydrogens is 286 g/mol. The van der Waals surface area contributed by atoms with Gasteiger partial charge in [0.25, 0.3) is 0 Å². The van der Waals surface area contributed by atoms with E-state index in [4.69, 9.17) is 14.2 Å². The molecule has 6 nitrogen and oxygen atoms in total. The second-order valence-electron chi connectivity index (χ2n) is 4.45. The van der Waals surface area contributed by atoms with Gasteiger partial charge in [0.15, 0.2) is 5.75 Å². The fourth-order valence-electron chi connectivity index (χ4n) is 1.83. The van der Waals surface area contributed by atoms with Crippen molar-refractivity contribution < 1.29 is 19.1 Å². The fraction of sp³-hybridized carbons (Fsp3) is 0.250. The summed E-state index contributed by atoms with van der Waals surface area (Å²) in [4.78, 5) is 10.4. The lowest BCUT2D eigenvalue weighted by molar-refractivity contribution is -0.385. The molecule has 0 amide bonds. The highest BCUT2D eigenvalue weighted by Crippen LogP contribution is 2.25. The maximum absolute atomic E-state index is 10.8. The minimum atomic E-state index is -0.455. The Kier molecular flexibility index (Phi) is 5.59. The quantitative estimate of drug-likeness (QED) is 0.424. The van der Waals surface area contributed by atoms with Crippen LogP contribution in [0.2, 0.25) is 0 Å². The monoisotopic (exact) mass is 303 g/mol. The van der Waals surface area contributed by atoms with E-state index >= 15 is 0 Å². The summed E-state index contributed by atoms with van der Waals surface area (Å²) in [6, 6.07) is 13.6. The van der Waals surface area contributed by atoms with Crippen molar-refractivity contribution in [1.82, 2.24) is 0 Å². The zero-order valence-corrected chi connectivity index (χ0v) is 12.2. The van der Waals surface area contributed by atoms with Crippen molar-refractivity contribution in [3.8, 4) is 17.2 Å². The maximum Gasteiger partial charge on any atom is 0.310 e. The van der Waals surface area contributed by atoms with E-state index in [-0.39, 0.29) is 11.4 Å². The van der Waals surface area contributed by atoms with Gasteiger partial charge in [-0.3, -0.25) is 10.1 Å². The first-order valence-corrected chi connectivity index (χ1v) is 6.84. The molecule has 0 aliphatic heterocycles. The number of nitrogens with zero attached hydrogens (tertiary/aromatic N) is 1. The second kappa shape index (κ2) is 7.87. The van der Waals surface area contributed by atoms with E-state index in [1.54, 1.807) is 25.3 Å². The fourth-order valence-corrected chi connectivity index (χ4v) is 1.83. The molecule has 0 bridgehead atoms. The van der Waals surface area contributed by atoms with Gasteiger partial charge in [0.2, 0.25) is 0 Å². The van der Waals surface area contributed by atoms with E-state index in [2.05, 4.69) is 0 Å². The van der Waals surface area contributed by atoms with E-state index in [1.807, 2.05) is 24.3 Å². The highest BCUT2D eigenvalue weighted by molar-refractivity contribution is 5.45. The number of rotatable bonds is 8. The number of hydrogen-bond donors (Lipinski definition) is 0. The summed E-state index contributed by atoms with van der Waals surface area (Å²) in [6.07, 6.45) is 0.623. The molecule has 116 valence electrons. The highest BCUT2D eigenvalue weighted by Gasteiger charge is 2.12. The zero-order chi connectivity index (χ0) is 15.8. The molecule has 0 radical (unpaired) electrons. The summed E-state index contributed by atoms with van der Waals surface area (Å²) in [5.74, 6) is 1.79. The third-order valence-corrected chi connectivity index (χ3v) is 2.94. The molecule has 0 fully saturated rings. The lowest BCUT2D eigenvalue weighted by Crippen LogP contribution is -2.06. The first-order chi connectivity index (χ1) is 10.7. The van der Waals surface area contributed by atoms with Crippen LogP contribution in [-0.4, -0.2) is 25.2 Å². The van der Waals surface area contributed by atoms with Crippen LogP contribution < -0.4 is 14.2 Å². The molecular formula is C16H17NO5. The van der Waals surface area contributed by atoms with Gasteiger partial charge in [0, 0.05) is 12.5 Å². The Morgan fingerprint density at radius 2 is 1.59 bits per heavy atom. The van der Waals surface area contributed by atoms with Crippen LogP contribution in [0.1, 0.15) is 6.42 Å². The molecule has 0 saturated carbocycles. The SMILES string of the molecule is COc1ccc(OCCCOc2ccccc2[N+](=O)[O-])cc1. The van der Waals surface area contributed by atoms with E-state index in [1.165, 1.54) is 6.07 Å². The van der Waals surface area contributed by atoms with Gasteiger partial charge in [-0.2, -0.15) is 0 Å². The lowest BCUT2D eigenvalue weighted by atomic mass is 10.3. The average molecular weight is 303 g/mol. The van der Waals surface area contributed by atoms with Gasteiger partial charge in [-0.25, -0.2) is 0 Å². The summed E-state index contributed by atoms with van der Waals surface area (Å²) < 4.78 is 16.0. The number of methoxy groups -OCH3 is 1. The van der Waals surface area contributed by atoms with Gasteiger partial charge in [0.1, 0.15) is 11.5 Å². The molecule has 0 N–H and O–H groups in total. The van der Waals surface area contributed by atoms with Crippen molar-refractivity contribution in [3.63, 3.8) is 0 Å². The van der Waals surface area contributed by atoms with Crippen LogP contribution in [0.4, 0.5) is 5.69 Å². The number of nitro groups is 1. The predicted octanol–water partition coefficient (Wildman–Crippen LogP) is 3.45. The Morgan fingerprint density at radius 1 is 0.955 bits per heavy atom. The van der Waals surface area contributed by atoms with Crippen LogP contribution in [0.3, 0.4) is 0 Å². The van der Waals surface area contributed by atoms with Crippen LogP contribution in [0.15, 0.2) is 48.5 Å². The van der Waals surface area contributed by atoms with Gasteiger partial charge >= 0.3 is 5.69 Å². The van der Waals surface area contributed by atoms with Gasteiger partial charge in [0.05, 0.1) is 25.2 Å². The topological polar surface area (TPSA) is 70.8 Å². The number of para-hydroxylation sites is 2. The smallest absolute Gasteiger partial charge is 0.310 e. The zero-order valence-electron chi connectivity index (χ0n) is 12.2. The molecule has 0 unspecified atom stereocenters. The third kappa shape index (κ3) is 4.37. The Labute approximate surface area is 128 Å². The molecule has 0 aliphatic carbocycles. The molecule has 0 spiro atoms. The molecule has 0 atom stereocenters. The third-order valence-electron chi connectivity index (χ3n) is 2.94. The van der Waals surface area contributed by atoms with Crippen LogP contribution >= 0.6 is 0 Å². The Hall–Kier alpha value is -2.76. The van der Waals surface area contributed by atoms with Crippen LogP contribution in [0.5, 0.6) is 17.2 Å². The summed E-state index contributed by atoms with van der Waals surface area (Å²) in [7, 11) is 1.61. The minimum absolute atomic E-state index is 0.0291. The number of ether oxygens (including phenoxy) is 3. The molecule has 0 saturated heterocycles. The van der Waals surface area contributed by atoms with E-state index < -0.39 is 4.92 Å². The summed E-state index contributed by atoms with van der Waals surface area (Å²) in [5.41, 5.74) is -0.0291. The predicted molar refractivity (Wildman–Crippen MR) is 81.7 cm³/mol. The van der Waals surface area contributed by atoms with E-state index in [0.29, 0.717) is 19.6 Å². The summed E-state index contributed by atoms with van der Waals surface area (Å²) in [5, 5.41) is 10.8. The van der Waals surface area contributed by atoms with Crippen molar-refractivity contribution in [2.45, 2.75) is 6.42 Å². The molecule has 2 aromatic rings. The maximum atomic E-state index is 10.8. The van der Waals surface area contributed by atoms with Crippen LogP contribution in [-0.2, 0) is 0 Å². The number of nitro benzene ring substituents is 1. The largest absolute Gasteiger partial charge is 0.497 e. The molecule has 0 heterocycles. The van der Waals surface area contributed by atoms with E-state index in [0.717, 1.165) is 11.5 Å². The first kappa shape index (κ1) is 15.6. The lowest BCUT2D eigenvalue weighted by Gasteiger charge is -2.08. The number of benzene rings is 2. The standard InChI is InChI=1S/C16H17NO5/c1-20-13-7-9-14(10-8-13)21-11-4-12-22-16-6-3-2-5-15(16)17(18)19/h2-3,5-10H,4,11-12H2,1H3. The molecule has 2 aromatic carbocycles. The number of hydrogen-bond acceptors (Lipinski definition) is 5. The van der Waals surface area contributed by atoms with Gasteiger partial charge < -0.3 is 14.2 Å². The molecule has 6 heteroatoms.